The topological polar surface area (TPSA) is 35.5 Å². The summed E-state index contributed by atoms with van der Waals surface area (Å²) in [5, 5.41) is 0. The van der Waals surface area contributed by atoms with Crippen LogP contribution in [-0.2, 0) is 16.1 Å². The Labute approximate surface area is 129 Å². The van der Waals surface area contributed by atoms with Crippen molar-refractivity contribution in [2.75, 3.05) is 0 Å². The van der Waals surface area contributed by atoms with E-state index in [-0.39, 0.29) is 12.6 Å². The first-order chi connectivity index (χ1) is 10.0. The van der Waals surface area contributed by atoms with E-state index < -0.39 is 0 Å². The molecule has 2 aromatic carbocycles. The van der Waals surface area contributed by atoms with Crippen LogP contribution in [0.15, 0.2) is 65.6 Å². The molecular formula is C17H16O3S. The van der Waals surface area contributed by atoms with E-state index in [1.807, 2.05) is 48.5 Å². The van der Waals surface area contributed by atoms with Crippen molar-refractivity contribution in [3.8, 4) is 11.5 Å². The highest BCUT2D eigenvalue weighted by atomic mass is 32.1. The Morgan fingerprint density at radius 2 is 1.57 bits per heavy atom. The lowest BCUT2D eigenvalue weighted by Crippen LogP contribution is -2.04. The number of carbonyl (C=O) groups is 1. The molecule has 0 unspecified atom stereocenters. The van der Waals surface area contributed by atoms with Gasteiger partial charge >= 0.3 is 5.97 Å². The van der Waals surface area contributed by atoms with E-state index in [1.54, 1.807) is 6.92 Å². The van der Waals surface area contributed by atoms with Gasteiger partial charge in [-0.25, -0.2) is 4.79 Å². The Hall–Kier alpha value is -2.20. The Kier molecular flexibility index (Phi) is 5.06. The fourth-order valence-electron chi connectivity index (χ4n) is 1.58. The summed E-state index contributed by atoms with van der Waals surface area (Å²) in [7, 11) is 0. The second kappa shape index (κ2) is 6.99. The lowest BCUT2D eigenvalue weighted by Gasteiger charge is -2.08. The Bertz CT molecular complexity index is 630. The molecule has 0 fully saturated rings. The van der Waals surface area contributed by atoms with Gasteiger partial charge in [0.2, 0.25) is 0 Å². The number of ether oxygens (including phenoxy) is 2. The third-order valence-electron chi connectivity index (χ3n) is 2.71. The molecule has 21 heavy (non-hydrogen) atoms. The minimum atomic E-state index is -0.387. The zero-order valence-corrected chi connectivity index (χ0v) is 12.6. The van der Waals surface area contributed by atoms with Crippen LogP contribution in [0.3, 0.4) is 0 Å². The molecular weight excluding hydrogens is 284 g/mol. The number of benzene rings is 2. The summed E-state index contributed by atoms with van der Waals surface area (Å²) in [6.07, 6.45) is 0. The Balaban J connectivity index is 1.94. The summed E-state index contributed by atoms with van der Waals surface area (Å²) in [5.41, 5.74) is 1.28. The fourth-order valence-corrected chi connectivity index (χ4v) is 1.73. The van der Waals surface area contributed by atoms with Crippen molar-refractivity contribution in [1.29, 1.82) is 0 Å². The normalized spacial score (nSPS) is 10.0. The second-order valence-electron chi connectivity index (χ2n) is 4.60. The van der Waals surface area contributed by atoms with E-state index >= 15 is 0 Å². The Morgan fingerprint density at radius 1 is 1.05 bits per heavy atom. The predicted molar refractivity (Wildman–Crippen MR) is 84.8 cm³/mol. The van der Waals surface area contributed by atoms with Gasteiger partial charge in [-0.3, -0.25) is 0 Å². The second-order valence-corrected chi connectivity index (χ2v) is 5.11. The highest BCUT2D eigenvalue weighted by Gasteiger charge is 2.04. The van der Waals surface area contributed by atoms with Crippen LogP contribution in [0.25, 0.3) is 0 Å². The van der Waals surface area contributed by atoms with Gasteiger partial charge in [-0.2, -0.15) is 0 Å². The number of carbonyl (C=O) groups excluding carboxylic acids is 1. The summed E-state index contributed by atoms with van der Waals surface area (Å²) in [5.74, 6) is 1.08. The molecule has 0 aliphatic carbocycles. The van der Waals surface area contributed by atoms with E-state index in [1.165, 1.54) is 0 Å². The van der Waals surface area contributed by atoms with Gasteiger partial charge in [0.05, 0.1) is 0 Å². The van der Waals surface area contributed by atoms with E-state index in [0.717, 1.165) is 22.0 Å². The lowest BCUT2D eigenvalue weighted by atomic mass is 10.2. The van der Waals surface area contributed by atoms with Gasteiger partial charge in [-0.1, -0.05) is 18.7 Å². The first kappa shape index (κ1) is 15.2. The van der Waals surface area contributed by atoms with E-state index in [2.05, 4.69) is 19.2 Å². The van der Waals surface area contributed by atoms with Crippen molar-refractivity contribution in [3.63, 3.8) is 0 Å². The number of rotatable bonds is 5. The molecule has 2 rings (SSSR count). The molecule has 0 saturated carbocycles. The molecule has 0 N–H and O–H groups in total. The molecule has 0 saturated heterocycles. The average molecular weight is 300 g/mol. The highest BCUT2D eigenvalue weighted by Crippen LogP contribution is 2.23. The Morgan fingerprint density at radius 3 is 2.10 bits per heavy atom. The van der Waals surface area contributed by atoms with Crippen LogP contribution in [0.4, 0.5) is 0 Å². The van der Waals surface area contributed by atoms with Crippen molar-refractivity contribution in [1.82, 2.24) is 0 Å². The molecule has 0 amide bonds. The maximum absolute atomic E-state index is 11.3. The number of hydrogen-bond acceptors (Lipinski definition) is 4. The maximum Gasteiger partial charge on any atom is 0.333 e. The molecule has 0 spiro atoms. The van der Waals surface area contributed by atoms with Crippen molar-refractivity contribution >= 4 is 18.6 Å². The summed E-state index contributed by atoms with van der Waals surface area (Å²) >= 11 is 4.22. The van der Waals surface area contributed by atoms with Gasteiger partial charge in [0.15, 0.2) is 0 Å². The van der Waals surface area contributed by atoms with Crippen LogP contribution in [0.1, 0.15) is 12.5 Å². The molecule has 4 heteroatoms. The first-order valence-electron chi connectivity index (χ1n) is 6.43. The largest absolute Gasteiger partial charge is 0.457 e. The smallest absolute Gasteiger partial charge is 0.333 e. The zero-order chi connectivity index (χ0) is 15.2. The van der Waals surface area contributed by atoms with Gasteiger partial charge in [0.1, 0.15) is 18.1 Å². The maximum atomic E-state index is 11.3. The van der Waals surface area contributed by atoms with Crippen molar-refractivity contribution in [2.24, 2.45) is 0 Å². The number of thiol groups is 1. The van der Waals surface area contributed by atoms with E-state index in [0.29, 0.717) is 5.57 Å². The van der Waals surface area contributed by atoms with Gasteiger partial charge < -0.3 is 9.47 Å². The molecule has 0 aromatic heterocycles. The summed E-state index contributed by atoms with van der Waals surface area (Å²) in [6.45, 7) is 5.38. The van der Waals surface area contributed by atoms with Gasteiger partial charge in [-0.15, -0.1) is 12.6 Å². The molecule has 0 heterocycles. The van der Waals surface area contributed by atoms with E-state index in [9.17, 15) is 4.79 Å². The van der Waals surface area contributed by atoms with Crippen LogP contribution in [0.5, 0.6) is 11.5 Å². The van der Waals surface area contributed by atoms with Crippen molar-refractivity contribution in [2.45, 2.75) is 18.4 Å². The summed E-state index contributed by atoms with van der Waals surface area (Å²) in [4.78, 5) is 12.2. The highest BCUT2D eigenvalue weighted by molar-refractivity contribution is 7.80. The monoisotopic (exact) mass is 300 g/mol. The molecule has 0 aliphatic rings. The average Bonchev–Trinajstić information content (AvgIpc) is 2.48. The minimum absolute atomic E-state index is 0.223. The fraction of sp³-hybridized carbons (Fsp3) is 0.118. The molecule has 0 radical (unpaired) electrons. The quantitative estimate of drug-likeness (QED) is 0.505. The van der Waals surface area contributed by atoms with Gasteiger partial charge in [-0.05, 0) is 48.9 Å². The van der Waals surface area contributed by atoms with Crippen LogP contribution in [0.2, 0.25) is 0 Å². The SMILES string of the molecule is C=C(C)C(=O)OCc1ccc(Oc2ccc(S)cc2)cc1. The molecule has 3 nitrogen and oxygen atoms in total. The first-order valence-corrected chi connectivity index (χ1v) is 6.88. The summed E-state index contributed by atoms with van der Waals surface area (Å²) < 4.78 is 10.8. The van der Waals surface area contributed by atoms with Gasteiger partial charge in [0, 0.05) is 10.5 Å². The molecule has 0 bridgehead atoms. The standard InChI is InChI=1S/C17H16O3S/c1-12(2)17(18)19-11-13-3-5-14(6-4-13)20-15-7-9-16(21)10-8-15/h3-10,21H,1,11H2,2H3. The number of esters is 1. The summed E-state index contributed by atoms with van der Waals surface area (Å²) in [6, 6.07) is 14.8. The molecule has 108 valence electrons. The molecule has 0 atom stereocenters. The third-order valence-corrected chi connectivity index (χ3v) is 3.01. The van der Waals surface area contributed by atoms with Crippen molar-refractivity contribution < 1.29 is 14.3 Å². The van der Waals surface area contributed by atoms with E-state index in [4.69, 9.17) is 9.47 Å². The third kappa shape index (κ3) is 4.68. The lowest BCUT2D eigenvalue weighted by molar-refractivity contribution is -0.140. The van der Waals surface area contributed by atoms with Crippen LogP contribution in [-0.4, -0.2) is 5.97 Å². The van der Waals surface area contributed by atoms with Crippen LogP contribution < -0.4 is 4.74 Å². The molecule has 2 aromatic rings. The minimum Gasteiger partial charge on any atom is -0.457 e. The van der Waals surface area contributed by atoms with Crippen LogP contribution >= 0.6 is 12.6 Å². The number of hydrogen-bond donors (Lipinski definition) is 1. The molecule has 0 aliphatic heterocycles. The van der Waals surface area contributed by atoms with Gasteiger partial charge in [0.25, 0.3) is 0 Å². The van der Waals surface area contributed by atoms with Crippen molar-refractivity contribution in [3.05, 3.63) is 66.2 Å². The predicted octanol–water partition coefficient (Wildman–Crippen LogP) is 4.39. The van der Waals surface area contributed by atoms with Crippen LogP contribution in [0, 0.1) is 0 Å². The zero-order valence-electron chi connectivity index (χ0n) is 11.7.